The fourth-order valence-electron chi connectivity index (χ4n) is 2.04. The Morgan fingerprint density at radius 2 is 1.83 bits per heavy atom. The van der Waals surface area contributed by atoms with Crippen LogP contribution in [-0.4, -0.2) is 13.2 Å². The molecule has 0 amide bonds. The summed E-state index contributed by atoms with van der Waals surface area (Å²) in [5.41, 5.74) is 5.62. The van der Waals surface area contributed by atoms with Crippen LogP contribution in [0.4, 0.5) is 8.78 Å². The average Bonchev–Trinajstić information content (AvgIpc) is 2.23. The molecule has 102 valence electrons. The highest BCUT2D eigenvalue weighted by molar-refractivity contribution is 6.31. The van der Waals surface area contributed by atoms with Gasteiger partial charge in [0.05, 0.1) is 12.1 Å². The Bertz CT molecular complexity index is 432. The van der Waals surface area contributed by atoms with Gasteiger partial charge in [-0.15, -0.1) is 0 Å². The smallest absolute Gasteiger partial charge is 0.165 e. The number of rotatable bonds is 3. The molecule has 5 heteroatoms. The molecule has 0 aliphatic carbocycles. The second-order valence-electron chi connectivity index (χ2n) is 5.30. The molecule has 0 radical (unpaired) electrons. The van der Waals surface area contributed by atoms with Gasteiger partial charge in [-0.25, -0.2) is 8.78 Å². The maximum absolute atomic E-state index is 13.8. The molecule has 0 saturated heterocycles. The first-order valence-corrected chi connectivity index (χ1v) is 5.99. The van der Waals surface area contributed by atoms with Crippen LogP contribution in [0.5, 0.6) is 0 Å². The standard InChI is InChI=1S/C13H18ClF2NO/c1-13(2,3)12(18-4)11(17)9-7(14)5-6-8(15)10(9)16/h5-6,11-12H,17H2,1-4H3. The van der Waals surface area contributed by atoms with Gasteiger partial charge in [0.2, 0.25) is 0 Å². The number of hydrogen-bond acceptors (Lipinski definition) is 2. The molecule has 0 saturated carbocycles. The molecule has 0 fully saturated rings. The van der Waals surface area contributed by atoms with E-state index in [1.54, 1.807) is 0 Å². The van der Waals surface area contributed by atoms with Crippen molar-refractivity contribution < 1.29 is 13.5 Å². The molecule has 2 N–H and O–H groups in total. The number of ether oxygens (including phenoxy) is 1. The van der Waals surface area contributed by atoms with E-state index in [0.29, 0.717) is 0 Å². The maximum atomic E-state index is 13.8. The highest BCUT2D eigenvalue weighted by atomic mass is 35.5. The Hall–Kier alpha value is -0.710. The van der Waals surface area contributed by atoms with Crippen LogP contribution in [0.15, 0.2) is 12.1 Å². The van der Waals surface area contributed by atoms with Crippen molar-refractivity contribution in [1.29, 1.82) is 0 Å². The summed E-state index contributed by atoms with van der Waals surface area (Å²) in [6.45, 7) is 5.73. The lowest BCUT2D eigenvalue weighted by Gasteiger charge is -2.34. The summed E-state index contributed by atoms with van der Waals surface area (Å²) < 4.78 is 32.4. The molecule has 0 aliphatic heterocycles. The van der Waals surface area contributed by atoms with Gasteiger partial charge < -0.3 is 10.5 Å². The monoisotopic (exact) mass is 277 g/mol. The van der Waals surface area contributed by atoms with E-state index < -0.39 is 23.8 Å². The topological polar surface area (TPSA) is 35.2 Å². The summed E-state index contributed by atoms with van der Waals surface area (Å²) >= 11 is 5.91. The van der Waals surface area contributed by atoms with Gasteiger partial charge in [0.25, 0.3) is 0 Å². The van der Waals surface area contributed by atoms with E-state index in [1.807, 2.05) is 20.8 Å². The molecule has 0 aliphatic rings. The van der Waals surface area contributed by atoms with Crippen LogP contribution >= 0.6 is 11.6 Å². The third-order valence-electron chi connectivity index (χ3n) is 2.85. The Kier molecular flexibility index (Phi) is 4.70. The summed E-state index contributed by atoms with van der Waals surface area (Å²) in [6.07, 6.45) is -0.480. The summed E-state index contributed by atoms with van der Waals surface area (Å²) in [6, 6.07) is 1.44. The summed E-state index contributed by atoms with van der Waals surface area (Å²) in [5.74, 6) is -1.98. The zero-order valence-corrected chi connectivity index (χ0v) is 11.7. The van der Waals surface area contributed by atoms with E-state index in [1.165, 1.54) is 13.2 Å². The van der Waals surface area contributed by atoms with Crippen LogP contribution in [0.1, 0.15) is 32.4 Å². The predicted molar refractivity (Wildman–Crippen MR) is 68.5 cm³/mol. The molecule has 1 aromatic rings. The van der Waals surface area contributed by atoms with Crippen molar-refractivity contribution in [2.45, 2.75) is 32.9 Å². The highest BCUT2D eigenvalue weighted by Gasteiger charge is 2.34. The fraction of sp³-hybridized carbons (Fsp3) is 0.538. The molecule has 1 aromatic carbocycles. The Balaban J connectivity index is 3.25. The number of methoxy groups -OCH3 is 1. The second-order valence-corrected chi connectivity index (χ2v) is 5.71. The minimum absolute atomic E-state index is 0.0431. The average molecular weight is 278 g/mol. The Morgan fingerprint density at radius 1 is 1.28 bits per heavy atom. The number of halogens is 3. The summed E-state index contributed by atoms with van der Waals surface area (Å²) in [5, 5.41) is 0.104. The molecule has 1 rings (SSSR count). The third-order valence-corrected chi connectivity index (χ3v) is 3.18. The molecule has 2 atom stereocenters. The minimum atomic E-state index is -1.01. The third kappa shape index (κ3) is 2.99. The quantitative estimate of drug-likeness (QED) is 0.856. The summed E-state index contributed by atoms with van der Waals surface area (Å²) in [7, 11) is 1.49. The SMILES string of the molecule is COC(C(N)c1c(Cl)ccc(F)c1F)C(C)(C)C. The van der Waals surface area contributed by atoms with Gasteiger partial charge in [-0.05, 0) is 17.5 Å². The molecule has 18 heavy (non-hydrogen) atoms. The largest absolute Gasteiger partial charge is 0.379 e. The Labute approximate surface area is 111 Å². The fourth-order valence-corrected chi connectivity index (χ4v) is 2.31. The van der Waals surface area contributed by atoms with Crippen molar-refractivity contribution in [3.8, 4) is 0 Å². The van der Waals surface area contributed by atoms with E-state index in [0.717, 1.165) is 6.07 Å². The van der Waals surface area contributed by atoms with Crippen molar-refractivity contribution in [2.75, 3.05) is 7.11 Å². The van der Waals surface area contributed by atoms with Crippen LogP contribution in [0, 0.1) is 17.0 Å². The van der Waals surface area contributed by atoms with E-state index >= 15 is 0 Å². The minimum Gasteiger partial charge on any atom is -0.379 e. The molecule has 0 bridgehead atoms. The second kappa shape index (κ2) is 5.51. The summed E-state index contributed by atoms with van der Waals surface area (Å²) in [4.78, 5) is 0. The lowest BCUT2D eigenvalue weighted by atomic mass is 9.82. The first-order valence-electron chi connectivity index (χ1n) is 5.62. The number of hydrogen-bond donors (Lipinski definition) is 1. The van der Waals surface area contributed by atoms with Crippen molar-refractivity contribution >= 4 is 11.6 Å². The number of nitrogens with two attached hydrogens (primary N) is 1. The lowest BCUT2D eigenvalue weighted by molar-refractivity contribution is -0.00325. The van der Waals surface area contributed by atoms with Crippen LogP contribution in [0.25, 0.3) is 0 Å². The maximum Gasteiger partial charge on any atom is 0.165 e. The van der Waals surface area contributed by atoms with Crippen LogP contribution in [0.3, 0.4) is 0 Å². The van der Waals surface area contributed by atoms with Gasteiger partial charge >= 0.3 is 0 Å². The van der Waals surface area contributed by atoms with Gasteiger partial charge in [0.15, 0.2) is 11.6 Å². The highest BCUT2D eigenvalue weighted by Crippen LogP contribution is 2.35. The molecular formula is C13H18ClF2NO. The van der Waals surface area contributed by atoms with Crippen molar-refractivity contribution in [3.05, 3.63) is 34.4 Å². The molecule has 2 unspecified atom stereocenters. The van der Waals surface area contributed by atoms with Gasteiger partial charge in [-0.2, -0.15) is 0 Å². The van der Waals surface area contributed by atoms with Crippen LogP contribution < -0.4 is 5.73 Å². The number of benzene rings is 1. The van der Waals surface area contributed by atoms with Gasteiger partial charge in [-0.3, -0.25) is 0 Å². The normalized spacial score (nSPS) is 15.6. The molecular weight excluding hydrogens is 260 g/mol. The van der Waals surface area contributed by atoms with Crippen LogP contribution in [-0.2, 0) is 4.74 Å². The first kappa shape index (κ1) is 15.3. The van der Waals surface area contributed by atoms with Crippen molar-refractivity contribution in [1.82, 2.24) is 0 Å². The van der Waals surface area contributed by atoms with E-state index in [2.05, 4.69) is 0 Å². The van der Waals surface area contributed by atoms with Gasteiger partial charge in [0.1, 0.15) is 0 Å². The zero-order valence-electron chi connectivity index (χ0n) is 10.9. The molecule has 0 spiro atoms. The lowest BCUT2D eigenvalue weighted by Crippen LogP contribution is -2.39. The molecule has 0 aromatic heterocycles. The van der Waals surface area contributed by atoms with Crippen molar-refractivity contribution in [2.24, 2.45) is 11.1 Å². The Morgan fingerprint density at radius 3 is 2.28 bits per heavy atom. The van der Waals surface area contributed by atoms with Gasteiger partial charge in [0, 0.05) is 17.7 Å². The van der Waals surface area contributed by atoms with E-state index in [-0.39, 0.29) is 16.0 Å². The zero-order chi connectivity index (χ0) is 14.1. The van der Waals surface area contributed by atoms with E-state index in [9.17, 15) is 8.78 Å². The van der Waals surface area contributed by atoms with Crippen LogP contribution in [0.2, 0.25) is 5.02 Å². The molecule has 2 nitrogen and oxygen atoms in total. The van der Waals surface area contributed by atoms with Gasteiger partial charge in [-0.1, -0.05) is 32.4 Å². The predicted octanol–water partition coefficient (Wildman–Crippen LogP) is 3.68. The first-order chi connectivity index (χ1) is 8.20. The van der Waals surface area contributed by atoms with Crippen molar-refractivity contribution in [3.63, 3.8) is 0 Å². The van der Waals surface area contributed by atoms with E-state index in [4.69, 9.17) is 22.1 Å². The molecule has 0 heterocycles.